The maximum Gasteiger partial charge on any atom is 0.222 e. The predicted molar refractivity (Wildman–Crippen MR) is 78.9 cm³/mol. The number of anilines is 2. The number of nitrogen functional groups attached to an aromatic ring is 1. The molecule has 0 radical (unpaired) electrons. The first-order valence-electron chi connectivity index (χ1n) is 6.02. The van der Waals surface area contributed by atoms with E-state index in [1.54, 1.807) is 0 Å². The molecule has 0 bridgehead atoms. The molecule has 0 aliphatic carbocycles. The average Bonchev–Trinajstić information content (AvgIpc) is 2.38. The molecule has 0 amide bonds. The van der Waals surface area contributed by atoms with Gasteiger partial charge in [0.1, 0.15) is 5.82 Å². The van der Waals surface area contributed by atoms with Gasteiger partial charge in [0.25, 0.3) is 0 Å². The van der Waals surface area contributed by atoms with Crippen molar-refractivity contribution in [3.63, 3.8) is 0 Å². The number of nitrogens with two attached hydrogens (primary N) is 2. The number of rotatable bonds is 4. The van der Waals surface area contributed by atoms with Crippen LogP contribution < -0.4 is 16.8 Å². The predicted octanol–water partition coefficient (Wildman–Crippen LogP) is 2.27. The highest BCUT2D eigenvalue weighted by Gasteiger charge is 2.11. The van der Waals surface area contributed by atoms with Crippen molar-refractivity contribution in [1.29, 1.82) is 0 Å². The Balaban J connectivity index is 2.55. The zero-order chi connectivity index (χ0) is 13.8. The van der Waals surface area contributed by atoms with Crippen LogP contribution in [0.2, 0.25) is 5.02 Å². The molecule has 5 nitrogen and oxygen atoms in total. The van der Waals surface area contributed by atoms with Crippen LogP contribution in [-0.4, -0.2) is 16.5 Å². The molecule has 100 valence electrons. The van der Waals surface area contributed by atoms with Gasteiger partial charge in [-0.05, 0) is 18.6 Å². The Bertz CT molecular complexity index is 585. The van der Waals surface area contributed by atoms with Gasteiger partial charge in [-0.25, -0.2) is 4.98 Å². The lowest BCUT2D eigenvalue weighted by molar-refractivity contribution is 1.06. The molecule has 0 spiro atoms. The van der Waals surface area contributed by atoms with Gasteiger partial charge in [-0.1, -0.05) is 23.7 Å². The first kappa shape index (κ1) is 13.6. The molecule has 2 aromatic rings. The highest BCUT2D eigenvalue weighted by molar-refractivity contribution is 6.31. The highest BCUT2D eigenvalue weighted by Crippen LogP contribution is 2.29. The van der Waals surface area contributed by atoms with Gasteiger partial charge in [0.2, 0.25) is 5.95 Å². The van der Waals surface area contributed by atoms with Crippen LogP contribution in [0.25, 0.3) is 11.3 Å². The van der Waals surface area contributed by atoms with Crippen LogP contribution in [0.3, 0.4) is 0 Å². The smallest absolute Gasteiger partial charge is 0.222 e. The summed E-state index contributed by atoms with van der Waals surface area (Å²) in [5.74, 6) is 0.907. The Morgan fingerprint density at radius 3 is 2.79 bits per heavy atom. The van der Waals surface area contributed by atoms with Crippen molar-refractivity contribution >= 4 is 23.4 Å². The Kier molecular flexibility index (Phi) is 4.19. The van der Waals surface area contributed by atoms with Gasteiger partial charge in [-0.15, -0.1) is 0 Å². The molecule has 0 fully saturated rings. The SMILES string of the molecule is CCNc1cc(-c2cccc(Cl)c2CN)nc(N)n1. The van der Waals surface area contributed by atoms with Crippen LogP contribution in [0.5, 0.6) is 0 Å². The van der Waals surface area contributed by atoms with Crippen LogP contribution in [0.1, 0.15) is 12.5 Å². The lowest BCUT2D eigenvalue weighted by Crippen LogP contribution is -2.06. The summed E-state index contributed by atoms with van der Waals surface area (Å²) in [6.07, 6.45) is 0. The number of hydrogen-bond donors (Lipinski definition) is 3. The second-order valence-electron chi connectivity index (χ2n) is 4.00. The van der Waals surface area contributed by atoms with Crippen molar-refractivity contribution in [3.05, 3.63) is 34.9 Å². The van der Waals surface area contributed by atoms with Crippen LogP contribution in [0, 0.1) is 0 Å². The fourth-order valence-corrected chi connectivity index (χ4v) is 2.13. The summed E-state index contributed by atoms with van der Waals surface area (Å²) in [5, 5.41) is 3.74. The minimum Gasteiger partial charge on any atom is -0.370 e. The largest absolute Gasteiger partial charge is 0.370 e. The Morgan fingerprint density at radius 1 is 1.32 bits per heavy atom. The molecule has 2 rings (SSSR count). The van der Waals surface area contributed by atoms with E-state index in [-0.39, 0.29) is 5.95 Å². The monoisotopic (exact) mass is 277 g/mol. The van der Waals surface area contributed by atoms with E-state index in [4.69, 9.17) is 23.1 Å². The fraction of sp³-hybridized carbons (Fsp3) is 0.231. The third-order valence-electron chi connectivity index (χ3n) is 2.70. The van der Waals surface area contributed by atoms with Gasteiger partial charge in [0, 0.05) is 29.7 Å². The number of halogens is 1. The number of hydrogen-bond acceptors (Lipinski definition) is 5. The number of nitrogens with one attached hydrogen (secondary N) is 1. The van der Waals surface area contributed by atoms with Crippen molar-refractivity contribution in [2.45, 2.75) is 13.5 Å². The molecule has 0 aliphatic heterocycles. The lowest BCUT2D eigenvalue weighted by Gasteiger charge is -2.11. The normalized spacial score (nSPS) is 10.5. The summed E-state index contributed by atoms with van der Waals surface area (Å²) < 4.78 is 0. The second-order valence-corrected chi connectivity index (χ2v) is 4.40. The summed E-state index contributed by atoms with van der Waals surface area (Å²) in [7, 11) is 0. The fourth-order valence-electron chi connectivity index (χ4n) is 1.88. The lowest BCUT2D eigenvalue weighted by atomic mass is 10.0. The number of nitrogens with zero attached hydrogens (tertiary/aromatic N) is 2. The maximum atomic E-state index is 6.15. The molecule has 19 heavy (non-hydrogen) atoms. The molecule has 1 aromatic carbocycles. The molecule has 6 heteroatoms. The quantitative estimate of drug-likeness (QED) is 0.798. The molecular weight excluding hydrogens is 262 g/mol. The second kappa shape index (κ2) is 5.86. The Morgan fingerprint density at radius 2 is 2.11 bits per heavy atom. The Hall–Kier alpha value is -1.85. The van der Waals surface area contributed by atoms with Gasteiger partial charge in [-0.2, -0.15) is 4.98 Å². The van der Waals surface area contributed by atoms with Crippen molar-refractivity contribution in [2.75, 3.05) is 17.6 Å². The van der Waals surface area contributed by atoms with Crippen molar-refractivity contribution in [1.82, 2.24) is 9.97 Å². The number of benzene rings is 1. The summed E-state index contributed by atoms with van der Waals surface area (Å²) in [6.45, 7) is 3.09. The molecular formula is C13H16ClN5. The topological polar surface area (TPSA) is 89.8 Å². The zero-order valence-electron chi connectivity index (χ0n) is 10.7. The highest BCUT2D eigenvalue weighted by atomic mass is 35.5. The van der Waals surface area contributed by atoms with Crippen LogP contribution in [0.15, 0.2) is 24.3 Å². The average molecular weight is 278 g/mol. The van der Waals surface area contributed by atoms with Gasteiger partial charge >= 0.3 is 0 Å². The Labute approximate surface area is 117 Å². The van der Waals surface area contributed by atoms with Crippen LogP contribution >= 0.6 is 11.6 Å². The zero-order valence-corrected chi connectivity index (χ0v) is 11.4. The van der Waals surface area contributed by atoms with E-state index in [0.29, 0.717) is 23.1 Å². The van der Waals surface area contributed by atoms with Crippen molar-refractivity contribution in [3.8, 4) is 11.3 Å². The summed E-state index contributed by atoms with van der Waals surface area (Å²) in [4.78, 5) is 8.37. The molecule has 0 aliphatic rings. The van der Waals surface area contributed by atoms with Crippen LogP contribution in [-0.2, 0) is 6.54 Å². The van der Waals surface area contributed by atoms with E-state index >= 15 is 0 Å². The van der Waals surface area contributed by atoms with E-state index < -0.39 is 0 Å². The first-order valence-corrected chi connectivity index (χ1v) is 6.39. The maximum absolute atomic E-state index is 6.15. The van der Waals surface area contributed by atoms with Gasteiger partial charge < -0.3 is 16.8 Å². The summed E-state index contributed by atoms with van der Waals surface area (Å²) in [6, 6.07) is 7.43. The molecule has 0 unspecified atom stereocenters. The minimum atomic E-state index is 0.219. The van der Waals surface area contributed by atoms with E-state index in [9.17, 15) is 0 Å². The molecule has 0 atom stereocenters. The van der Waals surface area contributed by atoms with Gasteiger partial charge in [-0.3, -0.25) is 0 Å². The summed E-state index contributed by atoms with van der Waals surface area (Å²) in [5.41, 5.74) is 13.9. The van der Waals surface area contributed by atoms with Crippen molar-refractivity contribution in [2.24, 2.45) is 5.73 Å². The van der Waals surface area contributed by atoms with E-state index in [0.717, 1.165) is 17.7 Å². The van der Waals surface area contributed by atoms with E-state index in [2.05, 4.69) is 15.3 Å². The molecule has 0 saturated heterocycles. The first-order chi connectivity index (χ1) is 9.15. The third-order valence-corrected chi connectivity index (χ3v) is 3.05. The van der Waals surface area contributed by atoms with E-state index in [1.807, 2.05) is 31.2 Å². The molecule has 5 N–H and O–H groups in total. The molecule has 1 aromatic heterocycles. The standard InChI is InChI=1S/C13H16ClN5/c1-2-17-12-6-11(18-13(16)19-12)8-4-3-5-10(14)9(8)7-15/h3-6H,2,7,15H2,1H3,(H3,16,17,18,19). The minimum absolute atomic E-state index is 0.219. The van der Waals surface area contributed by atoms with Gasteiger partial charge in [0.15, 0.2) is 0 Å². The molecule has 1 heterocycles. The van der Waals surface area contributed by atoms with Crippen LogP contribution in [0.4, 0.5) is 11.8 Å². The third kappa shape index (κ3) is 2.94. The molecule has 0 saturated carbocycles. The summed E-state index contributed by atoms with van der Waals surface area (Å²) >= 11 is 6.15. The van der Waals surface area contributed by atoms with Crippen molar-refractivity contribution < 1.29 is 0 Å². The van der Waals surface area contributed by atoms with E-state index in [1.165, 1.54) is 0 Å². The van der Waals surface area contributed by atoms with Gasteiger partial charge in [0.05, 0.1) is 5.69 Å². The number of aromatic nitrogens is 2.